The molecule has 0 radical (unpaired) electrons. The molecule has 0 unspecified atom stereocenters. The van der Waals surface area contributed by atoms with Gasteiger partial charge in [0.2, 0.25) is 0 Å². The van der Waals surface area contributed by atoms with E-state index in [9.17, 15) is 9.90 Å². The van der Waals surface area contributed by atoms with E-state index in [-0.39, 0.29) is 11.8 Å². The van der Waals surface area contributed by atoms with E-state index in [1.165, 1.54) is 12.8 Å². The topological polar surface area (TPSA) is 72.3 Å². The normalized spacial score (nSPS) is 30.0. The van der Waals surface area contributed by atoms with E-state index in [2.05, 4.69) is 10.2 Å². The second-order valence-corrected chi connectivity index (χ2v) is 8.62. The van der Waals surface area contributed by atoms with Crippen LogP contribution in [0.25, 0.3) is 0 Å². The van der Waals surface area contributed by atoms with E-state index in [4.69, 9.17) is 4.74 Å². The van der Waals surface area contributed by atoms with E-state index in [1.54, 1.807) is 6.07 Å². The first-order chi connectivity index (χ1) is 11.2. The number of ether oxygens (including phenoxy) is 1. The molecule has 0 aromatic carbocycles. The molecular formula is C19H28N2O3. The van der Waals surface area contributed by atoms with Crippen molar-refractivity contribution in [3.05, 3.63) is 23.5 Å². The molecule has 2 aliphatic carbocycles. The molecule has 132 valence electrons. The van der Waals surface area contributed by atoms with Gasteiger partial charge < -0.3 is 9.84 Å². The summed E-state index contributed by atoms with van der Waals surface area (Å²) in [4.78, 5) is 11.9. The number of aromatic nitrogens is 2. The van der Waals surface area contributed by atoms with Gasteiger partial charge in [-0.3, -0.25) is 0 Å². The molecule has 1 heterocycles. The van der Waals surface area contributed by atoms with Crippen LogP contribution in [0.4, 0.5) is 0 Å². The highest BCUT2D eigenvalue weighted by atomic mass is 16.6. The minimum Gasteiger partial charge on any atom is -0.455 e. The summed E-state index contributed by atoms with van der Waals surface area (Å²) in [6, 6.07) is 3.60. The van der Waals surface area contributed by atoms with Gasteiger partial charge in [0, 0.05) is 0 Å². The van der Waals surface area contributed by atoms with Crippen LogP contribution in [0.5, 0.6) is 0 Å². The summed E-state index contributed by atoms with van der Waals surface area (Å²) in [5.74, 6) is 0.229. The monoisotopic (exact) mass is 332 g/mol. The number of aliphatic hydroxyl groups excluding tert-OH is 1. The maximum Gasteiger partial charge on any atom is 0.359 e. The summed E-state index contributed by atoms with van der Waals surface area (Å²) in [7, 11) is 0. The van der Waals surface area contributed by atoms with Gasteiger partial charge in [-0.25, -0.2) is 4.79 Å². The Morgan fingerprint density at radius 3 is 2.46 bits per heavy atom. The summed E-state index contributed by atoms with van der Waals surface area (Å²) in [5, 5.41) is 17.9. The molecule has 2 aliphatic rings. The summed E-state index contributed by atoms with van der Waals surface area (Å²) in [6.45, 7) is 5.51. The molecule has 5 nitrogen and oxygen atoms in total. The van der Waals surface area contributed by atoms with Gasteiger partial charge >= 0.3 is 5.97 Å². The maximum atomic E-state index is 11.9. The third kappa shape index (κ3) is 4.12. The Morgan fingerprint density at radius 1 is 1.25 bits per heavy atom. The SMILES string of the molecule is CC(C)(C)OC(=O)c1ccc(CC2CC3(CCC(O)CC3)C2)nn1. The minimum absolute atomic E-state index is 0.0825. The van der Waals surface area contributed by atoms with Crippen LogP contribution in [0.15, 0.2) is 12.1 Å². The lowest BCUT2D eigenvalue weighted by molar-refractivity contribution is -0.0247. The highest BCUT2D eigenvalue weighted by Gasteiger charge is 2.45. The van der Waals surface area contributed by atoms with E-state index >= 15 is 0 Å². The minimum atomic E-state index is -0.523. The van der Waals surface area contributed by atoms with E-state index < -0.39 is 11.6 Å². The molecule has 1 N–H and O–H groups in total. The smallest absolute Gasteiger partial charge is 0.359 e. The Kier molecular flexibility index (Phi) is 4.65. The predicted octanol–water partition coefficient (Wildman–Crippen LogP) is 3.31. The van der Waals surface area contributed by atoms with Crippen molar-refractivity contribution in [1.82, 2.24) is 10.2 Å². The zero-order valence-electron chi connectivity index (χ0n) is 14.9. The number of hydrogen-bond acceptors (Lipinski definition) is 5. The van der Waals surface area contributed by atoms with Crippen LogP contribution >= 0.6 is 0 Å². The zero-order chi connectivity index (χ0) is 17.4. The van der Waals surface area contributed by atoms with Crippen LogP contribution in [-0.4, -0.2) is 33.0 Å². The standard InChI is InChI=1S/C19H28N2O3/c1-18(2,3)24-17(23)16-5-4-14(20-21-16)10-13-11-19(12-13)8-6-15(22)7-9-19/h4-5,13,15,22H,6-12H2,1-3H3. The number of hydrogen-bond donors (Lipinski definition) is 1. The van der Waals surface area contributed by atoms with Crippen molar-refractivity contribution in [3.63, 3.8) is 0 Å². The molecule has 1 spiro atoms. The second kappa shape index (κ2) is 6.43. The van der Waals surface area contributed by atoms with E-state index in [1.807, 2.05) is 26.8 Å². The molecule has 2 saturated carbocycles. The van der Waals surface area contributed by atoms with Gasteiger partial charge in [-0.1, -0.05) is 0 Å². The Bertz CT molecular complexity index is 576. The van der Waals surface area contributed by atoms with Crippen molar-refractivity contribution in [2.45, 2.75) is 77.4 Å². The summed E-state index contributed by atoms with van der Waals surface area (Å²) < 4.78 is 5.30. The van der Waals surface area contributed by atoms with Crippen LogP contribution in [-0.2, 0) is 11.2 Å². The summed E-state index contributed by atoms with van der Waals surface area (Å²) in [5.41, 5.74) is 1.16. The fourth-order valence-electron chi connectivity index (χ4n) is 4.14. The van der Waals surface area contributed by atoms with Crippen molar-refractivity contribution in [2.75, 3.05) is 0 Å². The van der Waals surface area contributed by atoms with Crippen LogP contribution in [0.2, 0.25) is 0 Å². The third-order valence-electron chi connectivity index (χ3n) is 5.28. The first kappa shape index (κ1) is 17.3. The van der Waals surface area contributed by atoms with E-state index in [0.29, 0.717) is 11.3 Å². The van der Waals surface area contributed by atoms with Crippen molar-refractivity contribution >= 4 is 5.97 Å². The molecule has 0 amide bonds. The largest absolute Gasteiger partial charge is 0.455 e. The zero-order valence-corrected chi connectivity index (χ0v) is 14.9. The van der Waals surface area contributed by atoms with Gasteiger partial charge in [-0.2, -0.15) is 5.10 Å². The third-order valence-corrected chi connectivity index (χ3v) is 5.28. The number of carbonyl (C=O) groups is 1. The number of esters is 1. The van der Waals surface area contributed by atoms with Crippen LogP contribution < -0.4 is 0 Å². The van der Waals surface area contributed by atoms with Crippen LogP contribution in [0, 0.1) is 11.3 Å². The second-order valence-electron chi connectivity index (χ2n) is 8.62. The number of aliphatic hydroxyl groups is 1. The van der Waals surface area contributed by atoms with Crippen LogP contribution in [0.1, 0.15) is 75.5 Å². The van der Waals surface area contributed by atoms with Crippen molar-refractivity contribution in [2.24, 2.45) is 11.3 Å². The lowest BCUT2D eigenvalue weighted by Gasteiger charge is -2.51. The first-order valence-corrected chi connectivity index (χ1v) is 8.99. The lowest BCUT2D eigenvalue weighted by atomic mass is 9.55. The summed E-state index contributed by atoms with van der Waals surface area (Å²) >= 11 is 0. The van der Waals surface area contributed by atoms with Gasteiger partial charge in [-0.05, 0) is 89.2 Å². The Balaban J connectivity index is 1.50. The van der Waals surface area contributed by atoms with Gasteiger partial charge in [0.15, 0.2) is 5.69 Å². The number of rotatable bonds is 3. The van der Waals surface area contributed by atoms with Gasteiger partial charge in [-0.15, -0.1) is 5.10 Å². The fraction of sp³-hybridized carbons (Fsp3) is 0.737. The molecule has 1 aromatic heterocycles. The molecule has 3 rings (SSSR count). The molecule has 0 bridgehead atoms. The van der Waals surface area contributed by atoms with Crippen LogP contribution in [0.3, 0.4) is 0 Å². The van der Waals surface area contributed by atoms with Crippen molar-refractivity contribution in [1.29, 1.82) is 0 Å². The molecule has 5 heteroatoms. The lowest BCUT2D eigenvalue weighted by Crippen LogP contribution is -2.42. The number of nitrogens with zero attached hydrogens (tertiary/aromatic N) is 2. The highest BCUT2D eigenvalue weighted by molar-refractivity contribution is 5.87. The Morgan fingerprint density at radius 2 is 1.92 bits per heavy atom. The average molecular weight is 332 g/mol. The van der Waals surface area contributed by atoms with Crippen molar-refractivity contribution < 1.29 is 14.6 Å². The average Bonchev–Trinajstić information content (AvgIpc) is 2.47. The molecule has 1 aromatic rings. The highest BCUT2D eigenvalue weighted by Crippen LogP contribution is 2.55. The Hall–Kier alpha value is -1.49. The van der Waals surface area contributed by atoms with Gasteiger partial charge in [0.25, 0.3) is 0 Å². The predicted molar refractivity (Wildman–Crippen MR) is 90.5 cm³/mol. The molecule has 24 heavy (non-hydrogen) atoms. The molecule has 0 aliphatic heterocycles. The van der Waals surface area contributed by atoms with Gasteiger partial charge in [0.05, 0.1) is 11.8 Å². The van der Waals surface area contributed by atoms with Crippen molar-refractivity contribution in [3.8, 4) is 0 Å². The molecular weight excluding hydrogens is 304 g/mol. The molecule has 0 atom stereocenters. The fourth-order valence-corrected chi connectivity index (χ4v) is 4.14. The number of carbonyl (C=O) groups excluding carboxylic acids is 1. The quantitative estimate of drug-likeness (QED) is 0.860. The summed E-state index contributed by atoms with van der Waals surface area (Å²) in [6.07, 6.45) is 7.54. The maximum absolute atomic E-state index is 11.9. The van der Waals surface area contributed by atoms with Gasteiger partial charge in [0.1, 0.15) is 5.60 Å². The molecule has 0 saturated heterocycles. The Labute approximate surface area is 143 Å². The first-order valence-electron chi connectivity index (χ1n) is 8.99. The molecule has 2 fully saturated rings. The van der Waals surface area contributed by atoms with E-state index in [0.717, 1.165) is 37.8 Å².